The quantitative estimate of drug-likeness (QED) is 0.504. The summed E-state index contributed by atoms with van der Waals surface area (Å²) >= 11 is 0. The van der Waals surface area contributed by atoms with E-state index in [1.807, 2.05) is 57.2 Å². The van der Waals surface area contributed by atoms with Gasteiger partial charge >= 0.3 is 0 Å². The Morgan fingerprint density at radius 2 is 1.81 bits per heavy atom. The molecule has 0 aliphatic heterocycles. The van der Waals surface area contributed by atoms with Crippen molar-refractivity contribution < 1.29 is 9.36 Å². The van der Waals surface area contributed by atoms with Crippen molar-refractivity contribution in [2.24, 2.45) is 5.41 Å². The lowest BCUT2D eigenvalue weighted by molar-refractivity contribution is -0.670. The van der Waals surface area contributed by atoms with E-state index in [4.69, 9.17) is 0 Å². The Morgan fingerprint density at radius 1 is 1.15 bits per heavy atom. The molecule has 140 valence electrons. The van der Waals surface area contributed by atoms with Gasteiger partial charge in [0.25, 0.3) is 5.82 Å². The summed E-state index contributed by atoms with van der Waals surface area (Å²) in [6.45, 7) is 10.4. The van der Waals surface area contributed by atoms with E-state index in [9.17, 15) is 4.79 Å². The summed E-state index contributed by atoms with van der Waals surface area (Å²) in [6, 6.07) is 18.3. The minimum Gasteiger partial charge on any atom is -0.341 e. The van der Waals surface area contributed by atoms with E-state index in [1.165, 1.54) is 5.56 Å². The van der Waals surface area contributed by atoms with E-state index in [-0.39, 0.29) is 11.9 Å². The molecule has 2 N–H and O–H groups in total. The van der Waals surface area contributed by atoms with Crippen LogP contribution in [0.3, 0.4) is 0 Å². The molecule has 2 aromatic carbocycles. The fourth-order valence-corrected chi connectivity index (χ4v) is 3.19. The maximum Gasteiger partial charge on any atom is 0.278 e. The van der Waals surface area contributed by atoms with Crippen LogP contribution in [0.1, 0.15) is 38.2 Å². The standard InChI is InChI=1S/C23H27N3O/c1-5-15-26-20-14-10-9-13-18(20)24-21(26)19(25-22(27)23(2,3)4)16-17-11-7-6-8-12-17/h5-14,19H,1,15-16H2,2-4H3,(H,25,27)/p+1. The molecule has 1 amide bonds. The van der Waals surface area contributed by atoms with Gasteiger partial charge in [-0.2, -0.15) is 0 Å². The molecule has 27 heavy (non-hydrogen) atoms. The fraction of sp³-hybridized carbons (Fsp3) is 0.304. The first-order valence-corrected chi connectivity index (χ1v) is 9.36. The molecule has 0 fully saturated rings. The number of carbonyl (C=O) groups is 1. The van der Waals surface area contributed by atoms with Gasteiger partial charge in [0.1, 0.15) is 12.6 Å². The molecule has 0 saturated carbocycles. The highest BCUT2D eigenvalue weighted by atomic mass is 16.2. The molecule has 1 heterocycles. The van der Waals surface area contributed by atoms with Crippen LogP contribution in [-0.4, -0.2) is 10.9 Å². The number of allylic oxidation sites excluding steroid dienone is 1. The van der Waals surface area contributed by atoms with Crippen LogP contribution in [0, 0.1) is 5.41 Å². The first-order chi connectivity index (χ1) is 12.9. The van der Waals surface area contributed by atoms with Gasteiger partial charge in [0.15, 0.2) is 11.0 Å². The van der Waals surface area contributed by atoms with Gasteiger partial charge in [-0.3, -0.25) is 4.79 Å². The second-order valence-corrected chi connectivity index (χ2v) is 7.89. The Hall–Kier alpha value is -2.88. The van der Waals surface area contributed by atoms with Gasteiger partial charge in [-0.15, -0.1) is 0 Å². The van der Waals surface area contributed by atoms with Crippen molar-refractivity contribution in [2.75, 3.05) is 0 Å². The smallest absolute Gasteiger partial charge is 0.278 e. The van der Waals surface area contributed by atoms with Crippen LogP contribution < -0.4 is 9.88 Å². The van der Waals surface area contributed by atoms with Crippen LogP contribution >= 0.6 is 0 Å². The maximum atomic E-state index is 12.8. The van der Waals surface area contributed by atoms with Crippen molar-refractivity contribution in [3.63, 3.8) is 0 Å². The molecule has 0 aliphatic carbocycles. The topological polar surface area (TPSA) is 48.8 Å². The Balaban J connectivity index is 2.06. The highest BCUT2D eigenvalue weighted by Crippen LogP contribution is 2.22. The van der Waals surface area contributed by atoms with E-state index in [0.717, 1.165) is 16.9 Å². The van der Waals surface area contributed by atoms with Crippen LogP contribution in [0.25, 0.3) is 11.0 Å². The van der Waals surface area contributed by atoms with Crippen LogP contribution in [-0.2, 0) is 17.8 Å². The third-order valence-electron chi connectivity index (χ3n) is 4.66. The molecular formula is C23H28N3O+. The zero-order valence-corrected chi connectivity index (χ0v) is 16.3. The predicted octanol–water partition coefficient (Wildman–Crippen LogP) is 4.09. The molecular weight excluding hydrogens is 334 g/mol. The molecule has 3 aromatic rings. The fourth-order valence-electron chi connectivity index (χ4n) is 3.19. The monoisotopic (exact) mass is 362 g/mol. The number of hydrogen-bond donors (Lipinski definition) is 2. The first kappa shape index (κ1) is 18.9. The molecule has 1 unspecified atom stereocenters. The minimum absolute atomic E-state index is 0.0345. The molecule has 0 aliphatic rings. The summed E-state index contributed by atoms with van der Waals surface area (Å²) in [7, 11) is 0. The number of aromatic nitrogens is 2. The number of carbonyl (C=O) groups excluding carboxylic acids is 1. The van der Waals surface area contributed by atoms with Crippen molar-refractivity contribution in [3.8, 4) is 0 Å². The third-order valence-corrected chi connectivity index (χ3v) is 4.66. The molecule has 0 saturated heterocycles. The highest BCUT2D eigenvalue weighted by Gasteiger charge is 2.31. The zero-order valence-electron chi connectivity index (χ0n) is 16.3. The number of fused-ring (bicyclic) bond motifs is 1. The van der Waals surface area contributed by atoms with Gasteiger partial charge in [0.2, 0.25) is 5.91 Å². The van der Waals surface area contributed by atoms with Crippen molar-refractivity contribution in [2.45, 2.75) is 39.8 Å². The van der Waals surface area contributed by atoms with Crippen molar-refractivity contribution >= 4 is 16.9 Å². The second-order valence-electron chi connectivity index (χ2n) is 7.89. The van der Waals surface area contributed by atoms with Gasteiger partial charge in [0, 0.05) is 11.8 Å². The average Bonchev–Trinajstić information content (AvgIpc) is 3.00. The molecule has 3 rings (SSSR count). The number of benzene rings is 2. The molecule has 1 aromatic heterocycles. The largest absolute Gasteiger partial charge is 0.341 e. The van der Waals surface area contributed by atoms with Gasteiger partial charge in [-0.05, 0) is 17.7 Å². The van der Waals surface area contributed by atoms with Crippen LogP contribution in [0.15, 0.2) is 67.3 Å². The van der Waals surface area contributed by atoms with Gasteiger partial charge < -0.3 is 5.32 Å². The molecule has 0 bridgehead atoms. The molecule has 0 radical (unpaired) electrons. The lowest BCUT2D eigenvalue weighted by Crippen LogP contribution is -2.45. The number of rotatable bonds is 6. The summed E-state index contributed by atoms with van der Waals surface area (Å²) in [5.41, 5.74) is 2.89. The zero-order chi connectivity index (χ0) is 19.4. The number of imidazole rings is 1. The number of amides is 1. The predicted molar refractivity (Wildman–Crippen MR) is 109 cm³/mol. The van der Waals surface area contributed by atoms with E-state index < -0.39 is 5.41 Å². The lowest BCUT2D eigenvalue weighted by Gasteiger charge is -2.22. The van der Waals surface area contributed by atoms with E-state index in [2.05, 4.69) is 45.7 Å². The molecule has 0 spiro atoms. The number of aromatic amines is 1. The van der Waals surface area contributed by atoms with Gasteiger partial charge in [0.05, 0.1) is 0 Å². The minimum atomic E-state index is -0.454. The van der Waals surface area contributed by atoms with Gasteiger partial charge in [-0.25, -0.2) is 9.55 Å². The summed E-state index contributed by atoms with van der Waals surface area (Å²) in [5.74, 6) is 1.02. The van der Waals surface area contributed by atoms with E-state index in [0.29, 0.717) is 13.0 Å². The highest BCUT2D eigenvalue weighted by molar-refractivity contribution is 5.81. The van der Waals surface area contributed by atoms with Crippen LogP contribution in [0.2, 0.25) is 0 Å². The Bertz CT molecular complexity index is 935. The number of nitrogens with one attached hydrogen (secondary N) is 2. The summed E-state index contributed by atoms with van der Waals surface area (Å²) in [6.07, 6.45) is 2.60. The number of para-hydroxylation sites is 2. The van der Waals surface area contributed by atoms with Crippen LogP contribution in [0.4, 0.5) is 0 Å². The maximum absolute atomic E-state index is 12.8. The first-order valence-electron chi connectivity index (χ1n) is 9.36. The van der Waals surface area contributed by atoms with E-state index >= 15 is 0 Å². The number of H-pyrrole nitrogens is 1. The van der Waals surface area contributed by atoms with Crippen molar-refractivity contribution in [1.82, 2.24) is 10.3 Å². The van der Waals surface area contributed by atoms with E-state index in [1.54, 1.807) is 0 Å². The SMILES string of the molecule is C=CC[n+]1c(C(Cc2ccccc2)NC(=O)C(C)(C)C)[nH]c2ccccc21. The summed E-state index contributed by atoms with van der Waals surface area (Å²) < 4.78 is 2.19. The lowest BCUT2D eigenvalue weighted by atomic mass is 9.94. The van der Waals surface area contributed by atoms with Crippen molar-refractivity contribution in [3.05, 3.63) is 78.6 Å². The second kappa shape index (κ2) is 7.78. The molecule has 4 heteroatoms. The Morgan fingerprint density at radius 3 is 2.48 bits per heavy atom. The molecule has 1 atom stereocenters. The van der Waals surface area contributed by atoms with Gasteiger partial charge in [-0.1, -0.05) is 75.9 Å². The molecule has 4 nitrogen and oxygen atoms in total. The number of nitrogens with zero attached hydrogens (tertiary/aromatic N) is 1. The summed E-state index contributed by atoms with van der Waals surface area (Å²) in [4.78, 5) is 16.3. The number of hydrogen-bond acceptors (Lipinski definition) is 1. The summed E-state index contributed by atoms with van der Waals surface area (Å²) in [5, 5.41) is 3.26. The average molecular weight is 362 g/mol. The third kappa shape index (κ3) is 4.27. The Kier molecular flexibility index (Phi) is 5.45. The Labute approximate surface area is 160 Å². The normalized spacial score (nSPS) is 12.7. The van der Waals surface area contributed by atoms with Crippen LogP contribution in [0.5, 0.6) is 0 Å². The van der Waals surface area contributed by atoms with Crippen molar-refractivity contribution in [1.29, 1.82) is 0 Å².